The number of hydrogen-bond donors (Lipinski definition) is 2. The molecule has 0 amide bonds. The van der Waals surface area contributed by atoms with Crippen LogP contribution in [-0.4, -0.2) is 16.1 Å². The van der Waals surface area contributed by atoms with Crippen molar-refractivity contribution in [2.45, 2.75) is 90.3 Å². The number of nitrogens with one attached hydrogen (secondary N) is 1. The van der Waals surface area contributed by atoms with Crippen LogP contribution in [0.1, 0.15) is 113 Å². The summed E-state index contributed by atoms with van der Waals surface area (Å²) in [5.74, 6) is -2.60. The number of nitrogens with two attached hydrogens (primary N) is 1. The maximum absolute atomic E-state index is 8.99. The van der Waals surface area contributed by atoms with Crippen LogP contribution in [0.2, 0.25) is 0 Å². The number of piperidine rings is 1. The van der Waals surface area contributed by atoms with Gasteiger partial charge in [0.2, 0.25) is 0 Å². The largest absolute Gasteiger partial charge is 0.397 e. The van der Waals surface area contributed by atoms with Gasteiger partial charge in [-0.3, -0.25) is 4.98 Å². The highest BCUT2D eigenvalue weighted by molar-refractivity contribution is 5.72. The van der Waals surface area contributed by atoms with Crippen molar-refractivity contribution in [2.24, 2.45) is 5.41 Å². The third-order valence-electron chi connectivity index (χ3n) is 4.62. The number of pyridine rings is 1. The molecular weight excluding hydrogens is 306 g/mol. The van der Waals surface area contributed by atoms with Gasteiger partial charge in [-0.2, -0.15) is 0 Å². The number of anilines is 1. The van der Waals surface area contributed by atoms with Gasteiger partial charge in [0.05, 0.1) is 11.4 Å². The van der Waals surface area contributed by atoms with Crippen LogP contribution in [0, 0.1) is 5.41 Å². The summed E-state index contributed by atoms with van der Waals surface area (Å²) in [5, 5.41) is 1.66. The Labute approximate surface area is 176 Å². The lowest BCUT2D eigenvalue weighted by Crippen LogP contribution is -2.57. The Morgan fingerprint density at radius 2 is 1.88 bits per heavy atom. The molecule has 0 saturated carbocycles. The van der Waals surface area contributed by atoms with Crippen molar-refractivity contribution in [3.63, 3.8) is 0 Å². The second-order valence-corrected chi connectivity index (χ2v) is 7.62. The van der Waals surface area contributed by atoms with Crippen molar-refractivity contribution in [1.29, 1.82) is 0 Å². The smallest absolute Gasteiger partial charge is 0.0891 e. The molecule has 1 aromatic heterocycles. The zero-order valence-electron chi connectivity index (χ0n) is 30.5. The maximum Gasteiger partial charge on any atom is 0.0891 e. The van der Waals surface area contributed by atoms with Crippen molar-refractivity contribution in [2.75, 3.05) is 5.73 Å². The van der Waals surface area contributed by atoms with Gasteiger partial charge in [-0.05, 0) is 82.5 Å². The highest BCUT2D eigenvalue weighted by Gasteiger charge is 2.38. The van der Waals surface area contributed by atoms with Crippen LogP contribution in [0.4, 0.5) is 5.69 Å². The van der Waals surface area contributed by atoms with E-state index in [1.165, 1.54) is 6.07 Å². The van der Waals surface area contributed by atoms with Crippen molar-refractivity contribution in [3.05, 3.63) is 29.6 Å². The van der Waals surface area contributed by atoms with Gasteiger partial charge in [0.25, 0.3) is 0 Å². The quantitative estimate of drug-likeness (QED) is 0.757. The summed E-state index contributed by atoms with van der Waals surface area (Å²) >= 11 is 0. The SMILES string of the molecule is [2H]C([2H])([2H])C1(C([2H])([2H])[2H])NC(C([2H])([2H])[2H])(C([2H])([2H])[2H])C([2H])([2H])C(c2ccc(N)c(C3=CCC(C)(C)CC3)n2)C1([2H])[2H]. The normalized spacial score (nSPS) is 41.0. The molecule has 3 N–H and O–H groups in total. The molecule has 2 heterocycles. The molecule has 1 fully saturated rings. The maximum atomic E-state index is 8.99. The Kier molecular flexibility index (Phi) is 1.71. The first-order chi connectivity index (χ1) is 18.0. The number of allylic oxidation sites excluding steroid dienone is 2. The van der Waals surface area contributed by atoms with Gasteiger partial charge in [0.15, 0.2) is 0 Å². The fourth-order valence-electron chi connectivity index (χ4n) is 3.17. The Hall–Kier alpha value is -1.35. The summed E-state index contributed by atoms with van der Waals surface area (Å²) in [6, 6.07) is 2.30. The molecule has 25 heavy (non-hydrogen) atoms. The lowest BCUT2D eigenvalue weighted by atomic mass is 9.74. The molecule has 138 valence electrons. The molecule has 3 heteroatoms. The molecule has 1 aliphatic heterocycles. The summed E-state index contributed by atoms with van der Waals surface area (Å²) < 4.78 is 134. The lowest BCUT2D eigenvalue weighted by Gasteiger charge is -2.46. The van der Waals surface area contributed by atoms with Crippen LogP contribution in [0.25, 0.3) is 5.57 Å². The van der Waals surface area contributed by atoms with E-state index in [4.69, 9.17) is 27.7 Å². The molecule has 2 aliphatic rings. The van der Waals surface area contributed by atoms with Gasteiger partial charge in [0.1, 0.15) is 0 Å². The first-order valence-corrected chi connectivity index (χ1v) is 8.27. The highest BCUT2D eigenvalue weighted by atomic mass is 15.0. The van der Waals surface area contributed by atoms with Gasteiger partial charge in [-0.25, -0.2) is 0 Å². The molecule has 0 atom stereocenters. The van der Waals surface area contributed by atoms with Crippen molar-refractivity contribution >= 4 is 11.3 Å². The molecule has 0 spiro atoms. The predicted molar refractivity (Wildman–Crippen MR) is 108 cm³/mol. The minimum Gasteiger partial charge on any atom is -0.397 e. The highest BCUT2D eigenvalue weighted by Crippen LogP contribution is 2.41. The number of hydrogen-bond acceptors (Lipinski definition) is 3. The average molecular weight is 358 g/mol. The monoisotopic (exact) mass is 357 g/mol. The standard InChI is InChI=1S/C22H35N3/c1-20(2)11-9-15(10-12-20)19-17(23)7-8-18(24-19)16-13-21(3,4)25-22(5,6)14-16/h7-9,16,25H,10-14,23H2,1-6H3/i3D3,4D3,5D3,6D3,13D2,14D2. The molecular formula is C22H35N3. The summed E-state index contributed by atoms with van der Waals surface area (Å²) in [7, 11) is 0. The van der Waals surface area contributed by atoms with E-state index in [1.54, 1.807) is 5.32 Å². The molecule has 3 rings (SSSR count). The minimum atomic E-state index is -3.90. The number of nitrogen functional groups attached to an aromatic ring is 1. The first-order valence-electron chi connectivity index (χ1n) is 16.3. The van der Waals surface area contributed by atoms with Gasteiger partial charge in [0, 0.05) is 44.6 Å². The summed E-state index contributed by atoms with van der Waals surface area (Å²) in [6.45, 7) is -11.5. The van der Waals surface area contributed by atoms with Crippen LogP contribution < -0.4 is 11.1 Å². The van der Waals surface area contributed by atoms with E-state index >= 15 is 0 Å². The van der Waals surface area contributed by atoms with Crippen LogP contribution in [0.5, 0.6) is 0 Å². The van der Waals surface area contributed by atoms with E-state index in [0.29, 0.717) is 18.4 Å². The van der Waals surface area contributed by atoms with E-state index < -0.39 is 62.8 Å². The van der Waals surface area contributed by atoms with Crippen LogP contribution in [0.15, 0.2) is 18.2 Å². The van der Waals surface area contributed by atoms with E-state index in [2.05, 4.69) is 18.8 Å². The van der Waals surface area contributed by atoms with Gasteiger partial charge in [-0.1, -0.05) is 19.9 Å². The Morgan fingerprint density at radius 3 is 2.44 bits per heavy atom. The average Bonchev–Trinajstić information content (AvgIpc) is 2.70. The summed E-state index contributed by atoms with van der Waals surface area (Å²) in [4.78, 5) is 4.38. The predicted octanol–water partition coefficient (Wildman–Crippen LogP) is 5.28. The molecule has 1 saturated heterocycles. The van der Waals surface area contributed by atoms with Crippen LogP contribution in [0.3, 0.4) is 0 Å². The summed E-state index contributed by atoms with van der Waals surface area (Å²) in [5.41, 5.74) is -1.27. The van der Waals surface area contributed by atoms with Crippen LogP contribution >= 0.6 is 0 Å². The molecule has 1 aromatic rings. The topological polar surface area (TPSA) is 50.9 Å². The molecule has 0 unspecified atom stereocenters. The van der Waals surface area contributed by atoms with Gasteiger partial charge in [-0.15, -0.1) is 0 Å². The molecule has 1 aliphatic carbocycles. The third kappa shape index (κ3) is 4.25. The molecule has 0 aromatic carbocycles. The van der Waals surface area contributed by atoms with E-state index in [1.807, 2.05) is 6.08 Å². The van der Waals surface area contributed by atoms with Gasteiger partial charge >= 0.3 is 0 Å². The third-order valence-corrected chi connectivity index (χ3v) is 4.62. The van der Waals surface area contributed by atoms with Crippen molar-refractivity contribution < 1.29 is 21.9 Å². The Morgan fingerprint density at radius 1 is 1.20 bits per heavy atom. The first kappa shape index (κ1) is 6.99. The lowest BCUT2D eigenvalue weighted by molar-refractivity contribution is 0.160. The second kappa shape index (κ2) is 6.12. The van der Waals surface area contributed by atoms with Crippen molar-refractivity contribution in [1.82, 2.24) is 10.3 Å². The summed E-state index contributed by atoms with van der Waals surface area (Å²) in [6.07, 6.45) is -3.61. The second-order valence-electron chi connectivity index (χ2n) is 7.62. The van der Waals surface area contributed by atoms with Gasteiger partial charge < -0.3 is 11.1 Å². The van der Waals surface area contributed by atoms with Crippen LogP contribution in [-0.2, 0) is 0 Å². The zero-order chi connectivity index (χ0) is 32.0. The number of aromatic nitrogens is 1. The zero-order valence-corrected chi connectivity index (χ0v) is 14.5. The van der Waals surface area contributed by atoms with Crippen molar-refractivity contribution in [3.8, 4) is 0 Å². The fourth-order valence-corrected chi connectivity index (χ4v) is 3.17. The minimum absolute atomic E-state index is 0.0298. The van der Waals surface area contributed by atoms with E-state index in [-0.39, 0.29) is 16.8 Å². The van der Waals surface area contributed by atoms with E-state index in [0.717, 1.165) is 12.5 Å². The molecule has 0 bridgehead atoms. The Bertz CT molecular complexity index is 1130. The number of nitrogens with zero attached hydrogens (tertiary/aromatic N) is 1. The Balaban J connectivity index is 2.51. The van der Waals surface area contributed by atoms with E-state index in [9.17, 15) is 0 Å². The fraction of sp³-hybridized carbons (Fsp3) is 0.682. The number of rotatable bonds is 2. The molecule has 3 nitrogen and oxygen atoms in total. The molecule has 0 radical (unpaired) electrons.